The summed E-state index contributed by atoms with van der Waals surface area (Å²) in [4.78, 5) is 38.5. The summed E-state index contributed by atoms with van der Waals surface area (Å²) < 4.78 is 12.8. The van der Waals surface area contributed by atoms with E-state index in [1.807, 2.05) is 26.1 Å². The van der Waals surface area contributed by atoms with Crippen LogP contribution in [0.3, 0.4) is 0 Å². The van der Waals surface area contributed by atoms with E-state index >= 15 is 0 Å². The summed E-state index contributed by atoms with van der Waals surface area (Å²) in [6, 6.07) is 5.47. The number of benzene rings is 1. The number of ketones is 1. The first kappa shape index (κ1) is 22.2. The maximum Gasteiger partial charge on any atom is 0.332 e. The Morgan fingerprint density at radius 2 is 1.90 bits per heavy atom. The van der Waals surface area contributed by atoms with Gasteiger partial charge in [0.05, 0.1) is 21.3 Å². The lowest BCUT2D eigenvalue weighted by Crippen LogP contribution is -3.08. The molecular formula is C20H29N4O5+. The molecule has 1 heterocycles. The number of nitrogen functional groups attached to an aromatic ring is 1. The number of nitrogens with one attached hydrogen (secondary N) is 1. The van der Waals surface area contributed by atoms with Gasteiger partial charge in [0.1, 0.15) is 36.0 Å². The molecule has 1 unspecified atom stereocenters. The molecule has 29 heavy (non-hydrogen) atoms. The predicted molar refractivity (Wildman–Crippen MR) is 110 cm³/mol. The number of aromatic nitrogens is 2. The number of ether oxygens (including phenoxy) is 2. The van der Waals surface area contributed by atoms with E-state index in [2.05, 4.69) is 0 Å². The number of quaternary nitrogens is 1. The van der Waals surface area contributed by atoms with Crippen molar-refractivity contribution in [3.63, 3.8) is 0 Å². The molecule has 3 N–H and O–H groups in total. The molecule has 9 nitrogen and oxygen atoms in total. The maximum atomic E-state index is 12.9. The van der Waals surface area contributed by atoms with Crippen LogP contribution in [0.25, 0.3) is 0 Å². The molecule has 0 spiro atoms. The van der Waals surface area contributed by atoms with Gasteiger partial charge < -0.3 is 20.1 Å². The minimum absolute atomic E-state index is 0.0406. The first-order valence-corrected chi connectivity index (χ1v) is 9.39. The second kappa shape index (κ2) is 9.42. The maximum absolute atomic E-state index is 12.9. The minimum Gasteiger partial charge on any atom is -0.497 e. The Morgan fingerprint density at radius 1 is 1.21 bits per heavy atom. The lowest BCUT2D eigenvalue weighted by atomic mass is 10.1. The van der Waals surface area contributed by atoms with Gasteiger partial charge in [0, 0.05) is 25.2 Å². The van der Waals surface area contributed by atoms with Crippen LogP contribution < -0.4 is 31.4 Å². The lowest BCUT2D eigenvalue weighted by molar-refractivity contribution is -0.884. The SMILES string of the molecule is CCCn1c(N)c(C(=O)C[NH+](C)Cc2ccc(OC)cc2OC)c(=O)n(C)c1=O. The van der Waals surface area contributed by atoms with Crippen LogP contribution in [0.1, 0.15) is 29.3 Å². The summed E-state index contributed by atoms with van der Waals surface area (Å²) in [5.41, 5.74) is 5.61. The largest absolute Gasteiger partial charge is 0.497 e. The number of likely N-dealkylation sites (N-methyl/N-ethyl adjacent to an activating group) is 1. The molecule has 158 valence electrons. The molecule has 2 aromatic rings. The van der Waals surface area contributed by atoms with Crippen LogP contribution in [0, 0.1) is 0 Å². The number of Topliss-reactive ketones (excluding diaryl/α,β-unsaturated/α-hetero) is 1. The van der Waals surface area contributed by atoms with Gasteiger partial charge in [-0.3, -0.25) is 18.7 Å². The second-order valence-corrected chi connectivity index (χ2v) is 6.97. The Labute approximate surface area is 169 Å². The Balaban J connectivity index is 2.29. The summed E-state index contributed by atoms with van der Waals surface area (Å²) in [5.74, 6) is 0.856. The zero-order valence-corrected chi connectivity index (χ0v) is 17.6. The summed E-state index contributed by atoms with van der Waals surface area (Å²) in [6.45, 7) is 2.76. The summed E-state index contributed by atoms with van der Waals surface area (Å²) in [6.07, 6.45) is 0.651. The highest BCUT2D eigenvalue weighted by atomic mass is 16.5. The molecule has 0 aliphatic rings. The van der Waals surface area contributed by atoms with Crippen LogP contribution in [-0.2, 0) is 20.1 Å². The fourth-order valence-corrected chi connectivity index (χ4v) is 3.23. The van der Waals surface area contributed by atoms with E-state index in [9.17, 15) is 14.4 Å². The van der Waals surface area contributed by atoms with E-state index in [4.69, 9.17) is 15.2 Å². The van der Waals surface area contributed by atoms with Gasteiger partial charge in [-0.25, -0.2) is 4.79 Å². The Morgan fingerprint density at radius 3 is 2.48 bits per heavy atom. The van der Waals surface area contributed by atoms with Crippen molar-refractivity contribution in [2.45, 2.75) is 26.4 Å². The number of methoxy groups -OCH3 is 2. The number of carbonyl (C=O) groups excluding carboxylic acids is 1. The van der Waals surface area contributed by atoms with Gasteiger partial charge in [0.25, 0.3) is 5.56 Å². The quantitative estimate of drug-likeness (QED) is 0.542. The number of nitrogens with two attached hydrogens (primary N) is 1. The number of rotatable bonds is 9. The molecule has 9 heteroatoms. The third kappa shape index (κ3) is 4.68. The van der Waals surface area contributed by atoms with Crippen molar-refractivity contribution in [2.24, 2.45) is 7.05 Å². The number of hydrogen-bond acceptors (Lipinski definition) is 6. The molecule has 0 radical (unpaired) electrons. The van der Waals surface area contributed by atoms with Crippen molar-refractivity contribution in [1.82, 2.24) is 9.13 Å². The number of hydrogen-bond donors (Lipinski definition) is 2. The zero-order chi connectivity index (χ0) is 21.7. The molecule has 0 amide bonds. The van der Waals surface area contributed by atoms with Crippen LogP contribution in [0.4, 0.5) is 5.82 Å². The summed E-state index contributed by atoms with van der Waals surface area (Å²) in [7, 11) is 6.34. The molecule has 0 aliphatic carbocycles. The fraction of sp³-hybridized carbons (Fsp3) is 0.450. The zero-order valence-electron chi connectivity index (χ0n) is 17.6. The van der Waals surface area contributed by atoms with Gasteiger partial charge >= 0.3 is 5.69 Å². The van der Waals surface area contributed by atoms with E-state index in [0.29, 0.717) is 31.0 Å². The van der Waals surface area contributed by atoms with Crippen LogP contribution in [0.15, 0.2) is 27.8 Å². The smallest absolute Gasteiger partial charge is 0.332 e. The molecule has 0 saturated carbocycles. The van der Waals surface area contributed by atoms with Gasteiger partial charge in [-0.1, -0.05) is 6.92 Å². The molecule has 0 aliphatic heterocycles. The number of nitrogens with zero attached hydrogens (tertiary/aromatic N) is 2. The second-order valence-electron chi connectivity index (χ2n) is 6.97. The molecule has 2 rings (SSSR count). The molecule has 0 saturated heterocycles. The summed E-state index contributed by atoms with van der Waals surface area (Å²) >= 11 is 0. The van der Waals surface area contributed by atoms with E-state index in [1.54, 1.807) is 20.3 Å². The molecular weight excluding hydrogens is 376 g/mol. The molecule has 1 aromatic heterocycles. The lowest BCUT2D eigenvalue weighted by Gasteiger charge is -2.17. The van der Waals surface area contributed by atoms with Crippen molar-refractivity contribution in [3.05, 3.63) is 50.2 Å². The average Bonchev–Trinajstić information content (AvgIpc) is 2.69. The van der Waals surface area contributed by atoms with Crippen LogP contribution in [0.5, 0.6) is 11.5 Å². The molecule has 1 atom stereocenters. The first-order chi connectivity index (χ1) is 13.7. The summed E-state index contributed by atoms with van der Waals surface area (Å²) in [5, 5.41) is 0. The van der Waals surface area contributed by atoms with Crippen LogP contribution >= 0.6 is 0 Å². The van der Waals surface area contributed by atoms with Crippen molar-refractivity contribution in [3.8, 4) is 11.5 Å². The van der Waals surface area contributed by atoms with Crippen molar-refractivity contribution >= 4 is 11.6 Å². The first-order valence-electron chi connectivity index (χ1n) is 9.39. The predicted octanol–water partition coefficient (Wildman–Crippen LogP) is -0.546. The van der Waals surface area contributed by atoms with Crippen molar-refractivity contribution < 1.29 is 19.2 Å². The third-order valence-corrected chi connectivity index (χ3v) is 4.76. The van der Waals surface area contributed by atoms with Crippen molar-refractivity contribution in [2.75, 3.05) is 33.5 Å². The Bertz CT molecular complexity index is 1010. The van der Waals surface area contributed by atoms with Gasteiger partial charge in [-0.15, -0.1) is 0 Å². The molecule has 0 bridgehead atoms. The average molecular weight is 405 g/mol. The minimum atomic E-state index is -0.667. The Hall–Kier alpha value is -3.07. The Kier molecular flexibility index (Phi) is 7.22. The third-order valence-electron chi connectivity index (χ3n) is 4.76. The topological polar surface area (TPSA) is 110 Å². The van der Waals surface area contributed by atoms with Crippen molar-refractivity contribution in [1.29, 1.82) is 0 Å². The van der Waals surface area contributed by atoms with Gasteiger partial charge in [-0.2, -0.15) is 0 Å². The number of anilines is 1. The highest BCUT2D eigenvalue weighted by Crippen LogP contribution is 2.23. The van der Waals surface area contributed by atoms with Gasteiger partial charge in [0.2, 0.25) is 5.78 Å². The van der Waals surface area contributed by atoms with Gasteiger partial charge in [-0.05, 0) is 18.6 Å². The molecule has 1 aromatic carbocycles. The number of carbonyl (C=O) groups is 1. The monoisotopic (exact) mass is 405 g/mol. The van der Waals surface area contributed by atoms with Crippen LogP contribution in [-0.4, -0.2) is 42.7 Å². The fourth-order valence-electron chi connectivity index (χ4n) is 3.23. The van der Waals surface area contributed by atoms with E-state index in [1.165, 1.54) is 11.6 Å². The van der Waals surface area contributed by atoms with Crippen LogP contribution in [0.2, 0.25) is 0 Å². The van der Waals surface area contributed by atoms with E-state index in [0.717, 1.165) is 15.0 Å². The van der Waals surface area contributed by atoms with E-state index in [-0.39, 0.29) is 17.9 Å². The standard InChI is InChI=1S/C20H28N4O5/c1-6-9-24-18(21)17(19(26)23(3)20(24)27)15(25)12-22(2)11-13-7-8-14(28-4)10-16(13)29-5/h7-8,10H,6,9,11-12,21H2,1-5H3/p+1. The molecule has 0 fully saturated rings. The normalized spacial score (nSPS) is 11.9. The highest BCUT2D eigenvalue weighted by Gasteiger charge is 2.24. The van der Waals surface area contributed by atoms with Gasteiger partial charge in [0.15, 0.2) is 0 Å². The highest BCUT2D eigenvalue weighted by molar-refractivity contribution is 6.00. The van der Waals surface area contributed by atoms with E-state index < -0.39 is 17.0 Å².